The second-order valence-corrected chi connectivity index (χ2v) is 4.02. The highest BCUT2D eigenvalue weighted by Crippen LogP contribution is 2.11. The van der Waals surface area contributed by atoms with Crippen LogP contribution in [-0.2, 0) is 11.2 Å². The number of halogens is 1. The first-order valence-electron chi connectivity index (χ1n) is 4.90. The van der Waals surface area contributed by atoms with Gasteiger partial charge in [0.1, 0.15) is 5.82 Å². The lowest BCUT2D eigenvalue weighted by Crippen LogP contribution is -2.23. The molecule has 0 heterocycles. The van der Waals surface area contributed by atoms with Crippen LogP contribution < -0.4 is 0 Å². The molecule has 3 heteroatoms. The van der Waals surface area contributed by atoms with Gasteiger partial charge in [0, 0.05) is 6.42 Å². The third kappa shape index (κ3) is 3.80. The number of carbonyl (C=O) groups is 1. The molecule has 0 radical (unpaired) electrons. The fourth-order valence-corrected chi connectivity index (χ4v) is 1.48. The molecule has 0 aromatic heterocycles. The Kier molecular flexibility index (Phi) is 3.97. The highest BCUT2D eigenvalue weighted by molar-refractivity contribution is 5.83. The van der Waals surface area contributed by atoms with Crippen molar-refractivity contribution in [3.8, 4) is 0 Å². The van der Waals surface area contributed by atoms with Crippen LogP contribution in [-0.4, -0.2) is 31.3 Å². The molecular formula is C12H16FNO. The summed E-state index contributed by atoms with van der Waals surface area (Å²) >= 11 is 0. The zero-order chi connectivity index (χ0) is 11.4. The molecule has 0 N–H and O–H groups in total. The molecule has 1 aromatic rings. The molecule has 0 spiro atoms. The van der Waals surface area contributed by atoms with E-state index in [1.165, 1.54) is 12.1 Å². The fourth-order valence-electron chi connectivity index (χ4n) is 1.48. The van der Waals surface area contributed by atoms with E-state index in [4.69, 9.17) is 0 Å². The van der Waals surface area contributed by atoms with Crippen LogP contribution in [0.5, 0.6) is 0 Å². The zero-order valence-corrected chi connectivity index (χ0v) is 9.38. The van der Waals surface area contributed by atoms with E-state index in [0.717, 1.165) is 11.1 Å². The van der Waals surface area contributed by atoms with Gasteiger partial charge in [-0.15, -0.1) is 0 Å². The first kappa shape index (κ1) is 11.9. The smallest absolute Gasteiger partial charge is 0.151 e. The van der Waals surface area contributed by atoms with E-state index in [1.807, 2.05) is 25.9 Å². The Morgan fingerprint density at radius 1 is 1.40 bits per heavy atom. The summed E-state index contributed by atoms with van der Waals surface area (Å²) < 4.78 is 12.8. The van der Waals surface area contributed by atoms with Crippen molar-refractivity contribution in [2.45, 2.75) is 13.3 Å². The number of hydrogen-bond acceptors (Lipinski definition) is 2. The Balaban J connectivity index is 2.68. The molecule has 0 saturated heterocycles. The molecule has 0 saturated carbocycles. The Morgan fingerprint density at radius 2 is 2.07 bits per heavy atom. The molecule has 0 bridgehead atoms. The predicted molar refractivity (Wildman–Crippen MR) is 58.4 cm³/mol. The Morgan fingerprint density at radius 3 is 2.60 bits per heavy atom. The van der Waals surface area contributed by atoms with Crippen LogP contribution in [0.15, 0.2) is 18.2 Å². The van der Waals surface area contributed by atoms with E-state index < -0.39 is 0 Å². The van der Waals surface area contributed by atoms with Crippen LogP contribution in [0.25, 0.3) is 0 Å². The number of nitrogens with zero attached hydrogens (tertiary/aromatic N) is 1. The second-order valence-electron chi connectivity index (χ2n) is 4.02. The number of rotatable bonds is 4. The molecular weight excluding hydrogens is 193 g/mol. The van der Waals surface area contributed by atoms with Gasteiger partial charge < -0.3 is 4.90 Å². The average molecular weight is 209 g/mol. The summed E-state index contributed by atoms with van der Waals surface area (Å²) in [6.07, 6.45) is 0.379. The molecule has 82 valence electrons. The average Bonchev–Trinajstić information content (AvgIpc) is 2.08. The third-order valence-electron chi connectivity index (χ3n) is 2.18. The molecule has 0 amide bonds. The summed E-state index contributed by atoms with van der Waals surface area (Å²) in [4.78, 5) is 13.4. The second kappa shape index (κ2) is 5.03. The first-order chi connectivity index (χ1) is 6.99. The van der Waals surface area contributed by atoms with Crippen LogP contribution in [0.1, 0.15) is 11.1 Å². The van der Waals surface area contributed by atoms with E-state index in [0.29, 0.717) is 13.0 Å². The predicted octanol–water partition coefficient (Wildman–Crippen LogP) is 1.81. The zero-order valence-electron chi connectivity index (χ0n) is 9.38. The maximum Gasteiger partial charge on any atom is 0.151 e. The standard InChI is InChI=1S/C12H16FNO/c1-9-6-11(13)5-4-10(9)7-12(15)8-14(2)3/h4-6H,7-8H2,1-3H3. The SMILES string of the molecule is Cc1cc(F)ccc1CC(=O)CN(C)C. The maximum absolute atomic E-state index is 12.8. The van der Waals surface area contributed by atoms with Gasteiger partial charge >= 0.3 is 0 Å². The quantitative estimate of drug-likeness (QED) is 0.753. The van der Waals surface area contributed by atoms with Crippen LogP contribution in [0.3, 0.4) is 0 Å². The van der Waals surface area contributed by atoms with Gasteiger partial charge in [0.25, 0.3) is 0 Å². The molecule has 2 nitrogen and oxygen atoms in total. The fraction of sp³-hybridized carbons (Fsp3) is 0.417. The highest BCUT2D eigenvalue weighted by atomic mass is 19.1. The summed E-state index contributed by atoms with van der Waals surface area (Å²) in [6.45, 7) is 2.25. The third-order valence-corrected chi connectivity index (χ3v) is 2.18. The minimum atomic E-state index is -0.253. The molecule has 0 fully saturated rings. The summed E-state index contributed by atoms with van der Waals surface area (Å²) in [6, 6.07) is 4.53. The van der Waals surface area contributed by atoms with Crippen molar-refractivity contribution in [3.63, 3.8) is 0 Å². The molecule has 0 aliphatic carbocycles. The number of Topliss-reactive ketones (excluding diaryl/α,β-unsaturated/α-hetero) is 1. The summed E-state index contributed by atoms with van der Waals surface area (Å²) in [5.74, 6) is -0.106. The largest absolute Gasteiger partial charge is 0.302 e. The normalized spacial score (nSPS) is 10.7. The van der Waals surface area contributed by atoms with Gasteiger partial charge in [-0.3, -0.25) is 4.79 Å². The summed E-state index contributed by atoms with van der Waals surface area (Å²) in [7, 11) is 3.71. The molecule has 0 aliphatic rings. The van der Waals surface area contributed by atoms with Gasteiger partial charge in [0.05, 0.1) is 6.54 Å². The van der Waals surface area contributed by atoms with E-state index in [-0.39, 0.29) is 11.6 Å². The molecule has 15 heavy (non-hydrogen) atoms. The molecule has 0 aliphatic heterocycles. The monoisotopic (exact) mass is 209 g/mol. The van der Waals surface area contributed by atoms with Gasteiger partial charge in [-0.05, 0) is 44.3 Å². The summed E-state index contributed by atoms with van der Waals surface area (Å²) in [5, 5.41) is 0. The van der Waals surface area contributed by atoms with Gasteiger partial charge in [0.2, 0.25) is 0 Å². The Bertz CT molecular complexity index is 361. The van der Waals surface area contributed by atoms with E-state index in [9.17, 15) is 9.18 Å². The lowest BCUT2D eigenvalue weighted by Gasteiger charge is -2.09. The van der Waals surface area contributed by atoms with E-state index in [2.05, 4.69) is 0 Å². The van der Waals surface area contributed by atoms with Crippen molar-refractivity contribution < 1.29 is 9.18 Å². The van der Waals surface area contributed by atoms with Crippen molar-refractivity contribution in [2.24, 2.45) is 0 Å². The lowest BCUT2D eigenvalue weighted by molar-refractivity contribution is -0.119. The van der Waals surface area contributed by atoms with Crippen LogP contribution >= 0.6 is 0 Å². The molecule has 1 aromatic carbocycles. The number of hydrogen-bond donors (Lipinski definition) is 0. The van der Waals surface area contributed by atoms with Crippen molar-refractivity contribution >= 4 is 5.78 Å². The van der Waals surface area contributed by atoms with Crippen LogP contribution in [0, 0.1) is 12.7 Å². The van der Waals surface area contributed by atoms with Crippen LogP contribution in [0.4, 0.5) is 4.39 Å². The number of aryl methyl sites for hydroxylation is 1. The van der Waals surface area contributed by atoms with Crippen molar-refractivity contribution in [3.05, 3.63) is 35.1 Å². The summed E-state index contributed by atoms with van der Waals surface area (Å²) in [5.41, 5.74) is 1.74. The van der Waals surface area contributed by atoms with E-state index in [1.54, 1.807) is 6.07 Å². The lowest BCUT2D eigenvalue weighted by atomic mass is 10.0. The number of likely N-dealkylation sites (N-methyl/N-ethyl adjacent to an activating group) is 1. The maximum atomic E-state index is 12.8. The first-order valence-corrected chi connectivity index (χ1v) is 4.90. The highest BCUT2D eigenvalue weighted by Gasteiger charge is 2.07. The number of carbonyl (C=O) groups excluding carboxylic acids is 1. The molecule has 0 unspecified atom stereocenters. The van der Waals surface area contributed by atoms with Crippen molar-refractivity contribution in [1.82, 2.24) is 4.90 Å². The molecule has 1 rings (SSSR count). The van der Waals surface area contributed by atoms with Gasteiger partial charge in [-0.25, -0.2) is 4.39 Å². The topological polar surface area (TPSA) is 20.3 Å². The Hall–Kier alpha value is -1.22. The Labute approximate surface area is 89.7 Å². The number of benzene rings is 1. The minimum absolute atomic E-state index is 0.148. The van der Waals surface area contributed by atoms with E-state index >= 15 is 0 Å². The van der Waals surface area contributed by atoms with Crippen molar-refractivity contribution in [1.29, 1.82) is 0 Å². The van der Waals surface area contributed by atoms with Gasteiger partial charge in [0.15, 0.2) is 5.78 Å². The molecule has 0 atom stereocenters. The minimum Gasteiger partial charge on any atom is -0.302 e. The van der Waals surface area contributed by atoms with Crippen molar-refractivity contribution in [2.75, 3.05) is 20.6 Å². The number of ketones is 1. The van der Waals surface area contributed by atoms with Crippen LogP contribution in [0.2, 0.25) is 0 Å². The van der Waals surface area contributed by atoms with Gasteiger partial charge in [-0.2, -0.15) is 0 Å². The van der Waals surface area contributed by atoms with Gasteiger partial charge in [-0.1, -0.05) is 6.07 Å².